The third-order valence-corrected chi connectivity index (χ3v) is 12.6. The van der Waals surface area contributed by atoms with E-state index in [1.54, 1.807) is 11.1 Å². The highest BCUT2D eigenvalue weighted by Gasteiger charge is 2.39. The number of ether oxygens (including phenoxy) is 1. The van der Waals surface area contributed by atoms with Crippen molar-refractivity contribution < 1.29 is 19.1 Å². The number of nitrogens with zero attached hydrogens (tertiary/aromatic N) is 6. The lowest BCUT2D eigenvalue weighted by Crippen LogP contribution is -2.52. The Balaban J connectivity index is 0.755. The number of morpholine rings is 1. The van der Waals surface area contributed by atoms with Crippen molar-refractivity contribution in [2.75, 3.05) is 80.2 Å². The highest BCUT2D eigenvalue weighted by molar-refractivity contribution is 6.36. The van der Waals surface area contributed by atoms with Crippen LogP contribution in [-0.4, -0.2) is 110 Å². The number of hydrogen-bond acceptors (Lipinski definition) is 9. The van der Waals surface area contributed by atoms with Crippen LogP contribution in [0.15, 0.2) is 60.8 Å². The first kappa shape index (κ1) is 35.6. The predicted octanol–water partition coefficient (Wildman–Crippen LogP) is 4.87. The molecule has 1 unspecified atom stereocenters. The number of anilines is 3. The molecule has 4 saturated heterocycles. The molecule has 0 radical (unpaired) electrons. The summed E-state index contributed by atoms with van der Waals surface area (Å²) in [6.45, 7) is 9.27. The van der Waals surface area contributed by atoms with Crippen LogP contribution in [0.25, 0.3) is 10.9 Å². The summed E-state index contributed by atoms with van der Waals surface area (Å²) in [7, 11) is 0. The SMILES string of the molecule is N#Cc1c[nH]c2c(N3CCC(c4ccc(N5CCO[C@H](CN6CCN(c7ccc8c(c7)CN(C7CCC(=O)NC7=O)C8=O)CC6)C5)cc4)CC3)ccc(Cl)c12. The minimum absolute atomic E-state index is 0.136. The lowest BCUT2D eigenvalue weighted by atomic mass is 9.89. The van der Waals surface area contributed by atoms with Gasteiger partial charge in [0.05, 0.1) is 34.5 Å². The normalized spacial score (nSPS) is 22.7. The third kappa shape index (κ3) is 6.90. The number of hydrogen-bond donors (Lipinski definition) is 2. The smallest absolute Gasteiger partial charge is 0.255 e. The van der Waals surface area contributed by atoms with E-state index in [9.17, 15) is 19.6 Å². The first-order valence-corrected chi connectivity index (χ1v) is 19.9. The zero-order chi connectivity index (χ0) is 37.6. The summed E-state index contributed by atoms with van der Waals surface area (Å²) in [4.78, 5) is 51.9. The summed E-state index contributed by atoms with van der Waals surface area (Å²) >= 11 is 6.46. The van der Waals surface area contributed by atoms with E-state index in [0.29, 0.717) is 41.6 Å². The molecule has 1 aromatic heterocycles. The van der Waals surface area contributed by atoms with Gasteiger partial charge in [0.25, 0.3) is 5.91 Å². The summed E-state index contributed by atoms with van der Waals surface area (Å²) in [6, 6.07) is 20.8. The van der Waals surface area contributed by atoms with Gasteiger partial charge in [-0.05, 0) is 78.8 Å². The van der Waals surface area contributed by atoms with Crippen LogP contribution < -0.4 is 20.0 Å². The molecule has 5 aliphatic heterocycles. The van der Waals surface area contributed by atoms with Crippen molar-refractivity contribution in [2.24, 2.45) is 0 Å². The highest BCUT2D eigenvalue weighted by Crippen LogP contribution is 2.38. The first-order valence-electron chi connectivity index (χ1n) is 19.5. The number of aromatic nitrogens is 1. The van der Waals surface area contributed by atoms with Crippen molar-refractivity contribution in [1.82, 2.24) is 20.1 Å². The number of amides is 3. The van der Waals surface area contributed by atoms with Crippen molar-refractivity contribution in [1.29, 1.82) is 5.26 Å². The summed E-state index contributed by atoms with van der Waals surface area (Å²) in [5, 5.41) is 13.3. The Labute approximate surface area is 325 Å². The molecule has 284 valence electrons. The highest BCUT2D eigenvalue weighted by atomic mass is 35.5. The summed E-state index contributed by atoms with van der Waals surface area (Å²) in [6.07, 6.45) is 4.64. The molecule has 3 aromatic carbocycles. The number of nitriles is 1. The maximum absolute atomic E-state index is 13.1. The number of halogens is 1. The lowest BCUT2D eigenvalue weighted by molar-refractivity contribution is -0.136. The Morgan fingerprint density at radius 1 is 0.855 bits per heavy atom. The molecular formula is C42H45ClN8O4. The fraction of sp³-hybridized carbons (Fsp3) is 0.429. The van der Waals surface area contributed by atoms with Crippen LogP contribution in [0.4, 0.5) is 17.1 Å². The van der Waals surface area contributed by atoms with Gasteiger partial charge in [-0.15, -0.1) is 0 Å². The molecule has 0 saturated carbocycles. The van der Waals surface area contributed by atoms with E-state index in [0.717, 1.165) is 99.6 Å². The van der Waals surface area contributed by atoms with Gasteiger partial charge in [-0.25, -0.2) is 0 Å². The first-order chi connectivity index (χ1) is 26.8. The number of rotatable bonds is 7. The van der Waals surface area contributed by atoms with Crippen molar-refractivity contribution in [3.63, 3.8) is 0 Å². The predicted molar refractivity (Wildman–Crippen MR) is 212 cm³/mol. The number of nitrogens with one attached hydrogen (secondary N) is 2. The van der Waals surface area contributed by atoms with E-state index in [1.165, 1.54) is 11.3 Å². The second-order valence-electron chi connectivity index (χ2n) is 15.5. The molecule has 4 fully saturated rings. The van der Waals surface area contributed by atoms with Gasteiger partial charge in [0.1, 0.15) is 12.1 Å². The molecule has 0 spiro atoms. The van der Waals surface area contributed by atoms with Crippen molar-refractivity contribution in [3.8, 4) is 6.07 Å². The fourth-order valence-electron chi connectivity index (χ4n) is 9.25. The Morgan fingerprint density at radius 2 is 1.64 bits per heavy atom. The van der Waals surface area contributed by atoms with Gasteiger partial charge in [-0.3, -0.25) is 24.6 Å². The van der Waals surface area contributed by atoms with Crippen LogP contribution in [0, 0.1) is 11.3 Å². The minimum atomic E-state index is -0.600. The number of benzene rings is 3. The van der Waals surface area contributed by atoms with Gasteiger partial charge < -0.3 is 29.3 Å². The van der Waals surface area contributed by atoms with E-state index in [2.05, 4.69) is 72.4 Å². The van der Waals surface area contributed by atoms with E-state index in [4.69, 9.17) is 16.3 Å². The van der Waals surface area contributed by atoms with Crippen molar-refractivity contribution in [3.05, 3.63) is 88.1 Å². The van der Waals surface area contributed by atoms with E-state index < -0.39 is 6.04 Å². The maximum Gasteiger partial charge on any atom is 0.255 e. The summed E-state index contributed by atoms with van der Waals surface area (Å²) < 4.78 is 6.27. The van der Waals surface area contributed by atoms with E-state index >= 15 is 0 Å². The van der Waals surface area contributed by atoms with Crippen LogP contribution in [0.2, 0.25) is 5.02 Å². The molecule has 0 aliphatic carbocycles. The van der Waals surface area contributed by atoms with Crippen LogP contribution in [0.3, 0.4) is 0 Å². The Hall–Kier alpha value is -5.09. The standard InChI is InChI=1S/C42H45ClN8O4/c43-35-7-8-36(40-39(35)30(22-44)23-45-40)49-13-11-28(12-14-49)27-1-3-31(4-2-27)50-19-20-55-33(26-50)25-47-15-17-48(18-16-47)32-5-6-34-29(21-32)24-51(42(34)54)37-9-10-38(52)46-41(37)53/h1-8,21,23,28,33,37,45H,9-20,24-26H2,(H,46,52,53)/t33-,37?/m1/s1. The number of aromatic amines is 1. The average Bonchev–Trinajstić information content (AvgIpc) is 3.80. The number of imide groups is 1. The van der Waals surface area contributed by atoms with Gasteiger partial charge in [-0.2, -0.15) is 5.26 Å². The number of H-pyrrole nitrogens is 1. The number of carbonyl (C=O) groups is 3. The number of piperazine rings is 1. The number of fused-ring (bicyclic) bond motifs is 2. The summed E-state index contributed by atoms with van der Waals surface area (Å²) in [5.74, 6) is -0.288. The quantitative estimate of drug-likeness (QED) is 0.254. The molecule has 55 heavy (non-hydrogen) atoms. The van der Waals surface area contributed by atoms with Crippen LogP contribution in [0.5, 0.6) is 0 Å². The third-order valence-electron chi connectivity index (χ3n) is 12.3. The van der Waals surface area contributed by atoms with Gasteiger partial charge in [0.2, 0.25) is 11.8 Å². The van der Waals surface area contributed by atoms with Gasteiger partial charge in [0.15, 0.2) is 0 Å². The maximum atomic E-state index is 13.1. The van der Waals surface area contributed by atoms with Crippen LogP contribution in [0.1, 0.15) is 58.6 Å². The lowest BCUT2D eigenvalue weighted by Gasteiger charge is -2.40. The molecule has 13 heteroatoms. The molecule has 2 N–H and O–H groups in total. The molecule has 9 rings (SSSR count). The largest absolute Gasteiger partial charge is 0.373 e. The van der Waals surface area contributed by atoms with Gasteiger partial charge >= 0.3 is 0 Å². The topological polar surface area (TPSA) is 128 Å². The van der Waals surface area contributed by atoms with Crippen LogP contribution in [-0.2, 0) is 20.9 Å². The second-order valence-corrected chi connectivity index (χ2v) is 15.9. The fourth-order valence-corrected chi connectivity index (χ4v) is 9.51. The van der Waals surface area contributed by atoms with Gasteiger partial charge in [-0.1, -0.05) is 23.7 Å². The molecule has 0 bridgehead atoms. The molecule has 4 aromatic rings. The zero-order valence-corrected chi connectivity index (χ0v) is 31.6. The molecule has 3 amide bonds. The van der Waals surface area contributed by atoms with Crippen molar-refractivity contribution in [2.45, 2.75) is 50.3 Å². The van der Waals surface area contributed by atoms with Crippen molar-refractivity contribution >= 4 is 57.3 Å². The molecule has 12 nitrogen and oxygen atoms in total. The number of piperidine rings is 2. The molecule has 6 heterocycles. The van der Waals surface area contributed by atoms with Gasteiger partial charge in [0, 0.05) is 100 Å². The average molecular weight is 761 g/mol. The Morgan fingerprint density at radius 3 is 2.40 bits per heavy atom. The Bertz CT molecular complexity index is 2170. The van der Waals surface area contributed by atoms with E-state index in [-0.39, 0.29) is 30.2 Å². The molecule has 2 atom stereocenters. The number of carbonyl (C=O) groups excluding carboxylic acids is 3. The molecular weight excluding hydrogens is 716 g/mol. The van der Waals surface area contributed by atoms with E-state index in [1.807, 2.05) is 18.2 Å². The zero-order valence-electron chi connectivity index (χ0n) is 30.8. The minimum Gasteiger partial charge on any atom is -0.373 e. The molecule has 5 aliphatic rings. The Kier molecular flexibility index (Phi) is 9.62. The summed E-state index contributed by atoms with van der Waals surface area (Å²) in [5.41, 5.74) is 7.95. The second kappa shape index (κ2) is 14.9. The van der Waals surface area contributed by atoms with Crippen LogP contribution >= 0.6 is 11.6 Å². The monoisotopic (exact) mass is 760 g/mol.